The lowest BCUT2D eigenvalue weighted by molar-refractivity contribution is -0.670. The van der Waals surface area contributed by atoms with Crippen molar-refractivity contribution in [2.45, 2.75) is 13.8 Å². The van der Waals surface area contributed by atoms with Gasteiger partial charge in [0, 0.05) is 31.6 Å². The number of thiophene rings is 1. The maximum Gasteiger partial charge on any atom is 0.176 e. The van der Waals surface area contributed by atoms with Gasteiger partial charge in [-0.05, 0) is 36.4 Å². The molecule has 0 saturated heterocycles. The first-order valence-corrected chi connectivity index (χ1v) is 7.68. The highest BCUT2D eigenvalue weighted by atomic mass is 32.1. The molecule has 2 aromatic heterocycles. The first kappa shape index (κ1) is 11.9. The average molecular weight is 278 g/mol. The molecule has 0 fully saturated rings. The number of hydrogen-bond acceptors (Lipinski definition) is 1. The van der Waals surface area contributed by atoms with Gasteiger partial charge in [-0.15, -0.1) is 11.3 Å². The van der Waals surface area contributed by atoms with Crippen molar-refractivity contribution in [3.63, 3.8) is 0 Å². The normalized spacial score (nSPS) is 11.8. The van der Waals surface area contributed by atoms with Crippen LogP contribution in [0.3, 0.4) is 0 Å². The number of nitrogens with zero attached hydrogens (tertiary/aromatic N) is 1. The van der Waals surface area contributed by atoms with Crippen LogP contribution in [0.2, 0.25) is 0 Å². The molecule has 98 valence electrons. The molecular weight excluding hydrogens is 262 g/mol. The van der Waals surface area contributed by atoms with Crippen molar-refractivity contribution in [1.29, 1.82) is 0 Å². The molecule has 4 aromatic rings. The molecular formula is C18H16NS+. The number of aromatic nitrogens is 1. The summed E-state index contributed by atoms with van der Waals surface area (Å²) in [7, 11) is 2.09. The van der Waals surface area contributed by atoms with Gasteiger partial charge in [0.25, 0.3) is 0 Å². The topological polar surface area (TPSA) is 3.88 Å². The first-order chi connectivity index (χ1) is 9.66. The zero-order valence-corrected chi connectivity index (χ0v) is 12.7. The van der Waals surface area contributed by atoms with Gasteiger partial charge in [-0.1, -0.05) is 18.2 Å². The second kappa shape index (κ2) is 4.03. The summed E-state index contributed by atoms with van der Waals surface area (Å²) in [5, 5.41) is 5.56. The molecule has 4 rings (SSSR count). The molecule has 0 bridgehead atoms. The second-order valence-corrected chi connectivity index (χ2v) is 6.54. The number of hydrogen-bond donors (Lipinski definition) is 0. The van der Waals surface area contributed by atoms with E-state index in [9.17, 15) is 0 Å². The summed E-state index contributed by atoms with van der Waals surface area (Å²) in [6.07, 6.45) is 4.37. The van der Waals surface area contributed by atoms with Crippen LogP contribution in [0.25, 0.3) is 30.9 Å². The minimum absolute atomic E-state index is 1.36. The zero-order valence-electron chi connectivity index (χ0n) is 11.9. The van der Waals surface area contributed by atoms with Crippen molar-refractivity contribution in [2.24, 2.45) is 7.05 Å². The van der Waals surface area contributed by atoms with Crippen LogP contribution in [0.5, 0.6) is 0 Å². The van der Waals surface area contributed by atoms with Crippen LogP contribution in [0.15, 0.2) is 42.7 Å². The molecule has 2 heteroatoms. The molecule has 0 aliphatic carbocycles. The third kappa shape index (κ3) is 1.46. The van der Waals surface area contributed by atoms with Crippen LogP contribution < -0.4 is 4.57 Å². The van der Waals surface area contributed by atoms with E-state index < -0.39 is 0 Å². The van der Waals surface area contributed by atoms with Gasteiger partial charge >= 0.3 is 0 Å². The summed E-state index contributed by atoms with van der Waals surface area (Å²) in [6, 6.07) is 11.0. The lowest BCUT2D eigenvalue weighted by atomic mass is 9.97. The largest absolute Gasteiger partial charge is 0.207 e. The lowest BCUT2D eigenvalue weighted by Crippen LogP contribution is -2.26. The summed E-state index contributed by atoms with van der Waals surface area (Å²) in [5.41, 5.74) is 2.80. The molecule has 0 N–H and O–H groups in total. The fourth-order valence-corrected chi connectivity index (χ4v) is 4.44. The average Bonchev–Trinajstić information content (AvgIpc) is 2.84. The Hall–Kier alpha value is -1.93. The number of benzene rings is 2. The molecule has 1 nitrogen and oxygen atoms in total. The van der Waals surface area contributed by atoms with E-state index in [2.05, 4.69) is 68.2 Å². The summed E-state index contributed by atoms with van der Waals surface area (Å²) >= 11 is 1.91. The standard InChI is InChI=1S/C18H16NS/c1-11-15-10-19(3)9-8-13(15)12(2)18-17(11)14-6-4-5-7-16(14)20-18/h4-10H,1-3H3/q+1. The smallest absolute Gasteiger partial charge is 0.176 e. The number of fused-ring (bicyclic) bond motifs is 4. The van der Waals surface area contributed by atoms with E-state index in [-0.39, 0.29) is 0 Å². The van der Waals surface area contributed by atoms with Crippen LogP contribution in [0.1, 0.15) is 11.1 Å². The van der Waals surface area contributed by atoms with Crippen molar-refractivity contribution in [2.75, 3.05) is 0 Å². The Balaban J connectivity index is 2.36. The quantitative estimate of drug-likeness (QED) is 0.412. The van der Waals surface area contributed by atoms with Gasteiger partial charge in [0.2, 0.25) is 0 Å². The van der Waals surface area contributed by atoms with E-state index in [0.29, 0.717) is 0 Å². The minimum Gasteiger partial charge on any atom is -0.207 e. The first-order valence-electron chi connectivity index (χ1n) is 6.86. The predicted octanol–water partition coefficient (Wildman–Crippen LogP) is 4.65. The van der Waals surface area contributed by atoms with E-state index >= 15 is 0 Å². The Morgan fingerprint density at radius 2 is 1.70 bits per heavy atom. The van der Waals surface area contributed by atoms with Crippen molar-refractivity contribution in [3.05, 3.63) is 53.9 Å². The van der Waals surface area contributed by atoms with E-state index in [1.165, 1.54) is 42.1 Å². The minimum atomic E-state index is 1.36. The molecule has 20 heavy (non-hydrogen) atoms. The van der Waals surface area contributed by atoms with Crippen LogP contribution in [-0.2, 0) is 7.05 Å². The van der Waals surface area contributed by atoms with Crippen LogP contribution >= 0.6 is 11.3 Å². The van der Waals surface area contributed by atoms with E-state index in [1.807, 2.05) is 11.3 Å². The lowest BCUT2D eigenvalue weighted by Gasteiger charge is -2.07. The summed E-state index contributed by atoms with van der Waals surface area (Å²) in [4.78, 5) is 0. The number of pyridine rings is 1. The van der Waals surface area contributed by atoms with Crippen LogP contribution in [0.4, 0.5) is 0 Å². The summed E-state index contributed by atoms with van der Waals surface area (Å²) in [6.45, 7) is 4.50. The Kier molecular flexibility index (Phi) is 2.39. The SMILES string of the molecule is Cc1c2cc[n+](C)cc2c(C)c2c1sc1ccccc12. The van der Waals surface area contributed by atoms with Crippen LogP contribution in [0, 0.1) is 13.8 Å². The van der Waals surface area contributed by atoms with Gasteiger partial charge in [0.05, 0.1) is 0 Å². The molecule has 2 heterocycles. The van der Waals surface area contributed by atoms with E-state index in [1.54, 1.807) is 0 Å². The Morgan fingerprint density at radius 3 is 2.55 bits per heavy atom. The number of aryl methyl sites for hydroxylation is 3. The Labute approximate surface area is 122 Å². The highest BCUT2D eigenvalue weighted by Crippen LogP contribution is 2.41. The molecule has 0 aliphatic heterocycles. The monoisotopic (exact) mass is 278 g/mol. The molecule has 2 aromatic carbocycles. The third-order valence-electron chi connectivity index (χ3n) is 4.22. The summed E-state index contributed by atoms with van der Waals surface area (Å²) in [5.74, 6) is 0. The van der Waals surface area contributed by atoms with Crippen molar-refractivity contribution >= 4 is 42.3 Å². The fourth-order valence-electron chi connectivity index (χ4n) is 3.16. The van der Waals surface area contributed by atoms with Crippen LogP contribution in [-0.4, -0.2) is 0 Å². The molecule has 0 spiro atoms. The number of rotatable bonds is 0. The highest BCUT2D eigenvalue weighted by Gasteiger charge is 2.15. The van der Waals surface area contributed by atoms with Gasteiger partial charge in [-0.3, -0.25) is 0 Å². The van der Waals surface area contributed by atoms with Crippen molar-refractivity contribution in [3.8, 4) is 0 Å². The second-order valence-electron chi connectivity index (χ2n) is 5.49. The van der Waals surface area contributed by atoms with Gasteiger partial charge in [-0.25, -0.2) is 4.57 Å². The van der Waals surface area contributed by atoms with E-state index in [4.69, 9.17) is 0 Å². The maximum atomic E-state index is 2.25. The Bertz CT molecular complexity index is 979. The van der Waals surface area contributed by atoms with Gasteiger partial charge in [0.15, 0.2) is 12.4 Å². The molecule has 0 radical (unpaired) electrons. The van der Waals surface area contributed by atoms with Crippen molar-refractivity contribution in [1.82, 2.24) is 0 Å². The molecule has 0 atom stereocenters. The van der Waals surface area contributed by atoms with Gasteiger partial charge in [0.1, 0.15) is 7.05 Å². The molecule has 0 unspecified atom stereocenters. The molecule has 0 aliphatic rings. The highest BCUT2D eigenvalue weighted by molar-refractivity contribution is 7.26. The molecule has 0 amide bonds. The fraction of sp³-hybridized carbons (Fsp3) is 0.167. The predicted molar refractivity (Wildman–Crippen MR) is 87.5 cm³/mol. The van der Waals surface area contributed by atoms with E-state index in [0.717, 1.165) is 0 Å². The third-order valence-corrected chi connectivity index (χ3v) is 5.51. The zero-order chi connectivity index (χ0) is 13.9. The Morgan fingerprint density at radius 1 is 0.900 bits per heavy atom. The van der Waals surface area contributed by atoms with Crippen molar-refractivity contribution < 1.29 is 4.57 Å². The van der Waals surface area contributed by atoms with Gasteiger partial charge < -0.3 is 0 Å². The van der Waals surface area contributed by atoms with Gasteiger partial charge in [-0.2, -0.15) is 0 Å². The summed E-state index contributed by atoms with van der Waals surface area (Å²) < 4.78 is 4.95. The maximum absolute atomic E-state index is 2.25. The molecule has 0 saturated carbocycles.